The number of ether oxygens (including phenoxy) is 1. The Morgan fingerprint density at radius 3 is 2.43 bits per heavy atom. The zero-order chi connectivity index (χ0) is 25.4. The molecule has 35 heavy (non-hydrogen) atoms. The number of aromatic nitrogens is 3. The summed E-state index contributed by atoms with van der Waals surface area (Å²) in [6.07, 6.45) is 1.89. The van der Waals surface area contributed by atoms with Crippen LogP contribution in [0.2, 0.25) is 0 Å². The van der Waals surface area contributed by atoms with Crippen LogP contribution in [-0.4, -0.2) is 41.0 Å². The molecule has 0 radical (unpaired) electrons. The number of carbonyl (C=O) groups is 1. The van der Waals surface area contributed by atoms with Crippen molar-refractivity contribution in [3.05, 3.63) is 77.7 Å². The van der Waals surface area contributed by atoms with E-state index in [0.29, 0.717) is 20.6 Å². The number of allylic oxidation sites excluding steroid dienone is 1. The van der Waals surface area contributed by atoms with Crippen molar-refractivity contribution in [2.45, 2.75) is 47.2 Å². The van der Waals surface area contributed by atoms with Gasteiger partial charge in [0.25, 0.3) is 5.56 Å². The van der Waals surface area contributed by atoms with Crippen LogP contribution in [0.5, 0.6) is 0 Å². The zero-order valence-corrected chi connectivity index (χ0v) is 22.1. The molecule has 4 rings (SSSR count). The number of nitrogens with zero attached hydrogens (tertiary/aromatic N) is 5. The molecule has 0 amide bonds. The second-order valence-corrected chi connectivity index (χ2v) is 9.70. The van der Waals surface area contributed by atoms with E-state index in [2.05, 4.69) is 10.1 Å². The number of thiazole rings is 1. The van der Waals surface area contributed by atoms with E-state index in [4.69, 9.17) is 4.74 Å². The predicted octanol–water partition coefficient (Wildman–Crippen LogP) is 2.70. The van der Waals surface area contributed by atoms with Gasteiger partial charge in [-0.15, -0.1) is 0 Å². The predicted molar refractivity (Wildman–Crippen MR) is 139 cm³/mol. The SMILES string of the molecule is CCOC(=O)C1=C(C)N=c2sc(=Cc3c(C)nn(CC)c3C)c(=O)n2C1c1ccc(N(C)C)cc1. The van der Waals surface area contributed by atoms with Crippen molar-refractivity contribution in [2.75, 3.05) is 25.6 Å². The average molecular weight is 494 g/mol. The first-order valence-electron chi connectivity index (χ1n) is 11.7. The average Bonchev–Trinajstić information content (AvgIpc) is 3.28. The Hall–Kier alpha value is -3.46. The maximum atomic E-state index is 13.8. The standard InChI is InChI=1S/C26H31N5O3S/c1-8-30-17(5)20(15(3)28-30)14-21-24(32)31-23(18-10-12-19(13-11-18)29(6)7)22(25(33)34-9-2)16(4)27-26(31)35-21/h10-14,23H,8-9H2,1-7H3. The lowest BCUT2D eigenvalue weighted by molar-refractivity contribution is -0.139. The Morgan fingerprint density at radius 1 is 1.17 bits per heavy atom. The minimum absolute atomic E-state index is 0.187. The Kier molecular flexibility index (Phi) is 6.80. The van der Waals surface area contributed by atoms with Gasteiger partial charge in [0.2, 0.25) is 0 Å². The summed E-state index contributed by atoms with van der Waals surface area (Å²) in [6.45, 7) is 10.6. The second-order valence-electron chi connectivity index (χ2n) is 8.69. The molecule has 1 aromatic carbocycles. The zero-order valence-electron chi connectivity index (χ0n) is 21.2. The molecule has 184 valence electrons. The molecule has 8 nitrogen and oxygen atoms in total. The molecule has 3 heterocycles. The molecule has 0 saturated carbocycles. The van der Waals surface area contributed by atoms with E-state index >= 15 is 0 Å². The van der Waals surface area contributed by atoms with E-state index in [9.17, 15) is 9.59 Å². The van der Waals surface area contributed by atoms with Crippen molar-refractivity contribution < 1.29 is 9.53 Å². The highest BCUT2D eigenvalue weighted by Gasteiger charge is 2.33. The molecule has 9 heteroatoms. The molecular formula is C26H31N5O3S. The van der Waals surface area contributed by atoms with Gasteiger partial charge in [0, 0.05) is 37.6 Å². The van der Waals surface area contributed by atoms with E-state index in [1.165, 1.54) is 11.3 Å². The summed E-state index contributed by atoms with van der Waals surface area (Å²) in [5.74, 6) is -0.458. The van der Waals surface area contributed by atoms with Crippen LogP contribution >= 0.6 is 11.3 Å². The van der Waals surface area contributed by atoms with Crippen LogP contribution in [0.4, 0.5) is 5.69 Å². The Bertz CT molecular complexity index is 1490. The van der Waals surface area contributed by atoms with Crippen molar-refractivity contribution in [3.8, 4) is 0 Å². The van der Waals surface area contributed by atoms with Crippen LogP contribution in [-0.2, 0) is 16.1 Å². The molecule has 0 bridgehead atoms. The van der Waals surface area contributed by atoms with Crippen molar-refractivity contribution in [1.82, 2.24) is 14.3 Å². The van der Waals surface area contributed by atoms with Gasteiger partial charge < -0.3 is 9.64 Å². The molecule has 1 aliphatic rings. The van der Waals surface area contributed by atoms with Crippen LogP contribution in [0.3, 0.4) is 0 Å². The topological polar surface area (TPSA) is 81.7 Å². The van der Waals surface area contributed by atoms with E-state index in [1.807, 2.05) is 74.8 Å². The molecule has 1 aliphatic heterocycles. The fourth-order valence-corrected chi connectivity index (χ4v) is 5.45. The van der Waals surface area contributed by atoms with Gasteiger partial charge in [0.15, 0.2) is 4.80 Å². The molecule has 1 unspecified atom stereocenters. The summed E-state index contributed by atoms with van der Waals surface area (Å²) in [5, 5.41) is 4.57. The van der Waals surface area contributed by atoms with Gasteiger partial charge in [0.1, 0.15) is 0 Å². The normalized spacial score (nSPS) is 15.7. The van der Waals surface area contributed by atoms with Gasteiger partial charge in [0.05, 0.1) is 34.1 Å². The fraction of sp³-hybridized carbons (Fsp3) is 0.385. The number of rotatable bonds is 6. The molecule has 0 N–H and O–H groups in total. The smallest absolute Gasteiger partial charge is 0.338 e. The van der Waals surface area contributed by atoms with Crippen LogP contribution in [0.1, 0.15) is 49.3 Å². The lowest BCUT2D eigenvalue weighted by atomic mass is 9.95. The number of carbonyl (C=O) groups excluding carboxylic acids is 1. The summed E-state index contributed by atoms with van der Waals surface area (Å²) in [6, 6.07) is 7.25. The van der Waals surface area contributed by atoms with Crippen LogP contribution in [0.25, 0.3) is 6.08 Å². The van der Waals surface area contributed by atoms with Gasteiger partial charge in [-0.25, -0.2) is 9.79 Å². The van der Waals surface area contributed by atoms with Gasteiger partial charge in [-0.1, -0.05) is 23.5 Å². The summed E-state index contributed by atoms with van der Waals surface area (Å²) in [5.41, 5.74) is 5.42. The van der Waals surface area contributed by atoms with Crippen LogP contribution in [0.15, 0.2) is 45.3 Å². The maximum absolute atomic E-state index is 13.8. The van der Waals surface area contributed by atoms with Gasteiger partial charge >= 0.3 is 5.97 Å². The highest BCUT2D eigenvalue weighted by Crippen LogP contribution is 2.31. The second kappa shape index (κ2) is 9.65. The molecule has 0 fully saturated rings. The summed E-state index contributed by atoms with van der Waals surface area (Å²) < 4.78 is 9.47. The molecule has 1 atom stereocenters. The Labute approximate surface area is 208 Å². The van der Waals surface area contributed by atoms with Crippen molar-refractivity contribution in [3.63, 3.8) is 0 Å². The van der Waals surface area contributed by atoms with Crippen molar-refractivity contribution in [1.29, 1.82) is 0 Å². The van der Waals surface area contributed by atoms with Crippen molar-refractivity contribution >= 4 is 29.1 Å². The van der Waals surface area contributed by atoms with Crippen LogP contribution < -0.4 is 19.8 Å². The summed E-state index contributed by atoms with van der Waals surface area (Å²) in [4.78, 5) is 34.0. The van der Waals surface area contributed by atoms with Gasteiger partial charge in [-0.05, 0) is 58.4 Å². The molecule has 2 aromatic heterocycles. The molecule has 0 saturated heterocycles. The van der Waals surface area contributed by atoms with E-state index in [1.54, 1.807) is 18.4 Å². The lowest BCUT2D eigenvalue weighted by Gasteiger charge is -2.25. The number of aryl methyl sites for hydroxylation is 2. The molecule has 0 spiro atoms. The quantitative estimate of drug-likeness (QED) is 0.493. The maximum Gasteiger partial charge on any atom is 0.338 e. The number of benzene rings is 1. The van der Waals surface area contributed by atoms with Crippen LogP contribution in [0, 0.1) is 13.8 Å². The summed E-state index contributed by atoms with van der Waals surface area (Å²) >= 11 is 1.33. The fourth-order valence-electron chi connectivity index (χ4n) is 4.42. The highest BCUT2D eigenvalue weighted by molar-refractivity contribution is 7.07. The summed E-state index contributed by atoms with van der Waals surface area (Å²) in [7, 11) is 3.94. The minimum atomic E-state index is -0.621. The molecule has 0 aliphatic carbocycles. The number of hydrogen-bond acceptors (Lipinski definition) is 7. The van der Waals surface area contributed by atoms with E-state index in [0.717, 1.165) is 34.7 Å². The third-order valence-corrected chi connectivity index (χ3v) is 7.24. The van der Waals surface area contributed by atoms with E-state index < -0.39 is 12.0 Å². The van der Waals surface area contributed by atoms with Crippen molar-refractivity contribution in [2.24, 2.45) is 4.99 Å². The number of anilines is 1. The Morgan fingerprint density at radius 2 is 1.86 bits per heavy atom. The van der Waals surface area contributed by atoms with E-state index in [-0.39, 0.29) is 12.2 Å². The number of hydrogen-bond donors (Lipinski definition) is 0. The third kappa shape index (κ3) is 4.36. The minimum Gasteiger partial charge on any atom is -0.463 e. The van der Waals surface area contributed by atoms with Gasteiger partial charge in [-0.3, -0.25) is 14.0 Å². The van der Waals surface area contributed by atoms with Gasteiger partial charge in [-0.2, -0.15) is 5.10 Å². The number of fused-ring (bicyclic) bond motifs is 1. The monoisotopic (exact) mass is 493 g/mol. The largest absolute Gasteiger partial charge is 0.463 e. The molecule has 3 aromatic rings. The first-order valence-corrected chi connectivity index (χ1v) is 12.5. The first-order chi connectivity index (χ1) is 16.7. The first kappa shape index (κ1) is 24.7. The Balaban J connectivity index is 1.95. The third-order valence-electron chi connectivity index (χ3n) is 6.25. The lowest BCUT2D eigenvalue weighted by Crippen LogP contribution is -2.40. The molecular weight excluding hydrogens is 462 g/mol. The highest BCUT2D eigenvalue weighted by atomic mass is 32.1. The number of esters is 1.